The molecule has 0 spiro atoms. The molecule has 1 atom stereocenters. The van der Waals surface area contributed by atoms with Gasteiger partial charge in [0, 0.05) is 0 Å². The molecule has 0 aliphatic rings. The summed E-state index contributed by atoms with van der Waals surface area (Å²) >= 11 is 0. The summed E-state index contributed by atoms with van der Waals surface area (Å²) in [5.74, 6) is 0. The van der Waals surface area contributed by atoms with E-state index < -0.39 is 8.32 Å². The summed E-state index contributed by atoms with van der Waals surface area (Å²) < 4.78 is 6.25. The van der Waals surface area contributed by atoms with Crippen molar-refractivity contribution >= 4 is 8.32 Å². The Labute approximate surface area is 103 Å². The first-order chi connectivity index (χ1) is 6.85. The van der Waals surface area contributed by atoms with Gasteiger partial charge in [0.1, 0.15) is 0 Å². The van der Waals surface area contributed by atoms with Gasteiger partial charge in [-0.05, 0) is 30.5 Å². The van der Waals surface area contributed by atoms with Crippen LogP contribution in [0, 0.1) is 5.41 Å². The van der Waals surface area contributed by atoms with Crippen LogP contribution in [0.1, 0.15) is 48.5 Å². The molecular formula is C14H30OSi. The molecule has 0 heterocycles. The fourth-order valence-electron chi connectivity index (χ4n) is 1.10. The van der Waals surface area contributed by atoms with Crippen LogP contribution >= 0.6 is 0 Å². The number of rotatable bonds is 3. The van der Waals surface area contributed by atoms with Gasteiger partial charge in [-0.1, -0.05) is 53.7 Å². The predicted molar refractivity (Wildman–Crippen MR) is 76.3 cm³/mol. The lowest BCUT2D eigenvalue weighted by Gasteiger charge is -2.38. The second kappa shape index (κ2) is 5.05. The molecule has 0 N–H and O–H groups in total. The smallest absolute Gasteiger partial charge is 0.192 e. The van der Waals surface area contributed by atoms with E-state index in [1.165, 1.54) is 0 Å². The molecule has 0 aromatic rings. The molecule has 0 bridgehead atoms. The van der Waals surface area contributed by atoms with Crippen molar-refractivity contribution in [1.29, 1.82) is 0 Å². The van der Waals surface area contributed by atoms with Gasteiger partial charge in [0.05, 0.1) is 6.10 Å². The van der Waals surface area contributed by atoms with Crippen molar-refractivity contribution in [3.8, 4) is 0 Å². The van der Waals surface area contributed by atoms with Gasteiger partial charge >= 0.3 is 0 Å². The molecule has 1 nitrogen and oxygen atoms in total. The second-order valence-corrected chi connectivity index (χ2v) is 12.1. The Morgan fingerprint density at radius 1 is 1.00 bits per heavy atom. The number of hydrogen-bond acceptors (Lipinski definition) is 1. The van der Waals surface area contributed by atoms with Crippen molar-refractivity contribution in [3.05, 3.63) is 12.2 Å². The van der Waals surface area contributed by atoms with Gasteiger partial charge in [-0.2, -0.15) is 0 Å². The van der Waals surface area contributed by atoms with E-state index in [4.69, 9.17) is 4.43 Å². The largest absolute Gasteiger partial charge is 0.411 e. The molecule has 1 unspecified atom stereocenters. The van der Waals surface area contributed by atoms with Gasteiger partial charge in [0.15, 0.2) is 8.32 Å². The highest BCUT2D eigenvalue weighted by Crippen LogP contribution is 2.37. The lowest BCUT2D eigenvalue weighted by Crippen LogP contribution is -2.42. The van der Waals surface area contributed by atoms with Crippen molar-refractivity contribution in [3.63, 3.8) is 0 Å². The summed E-state index contributed by atoms with van der Waals surface area (Å²) in [6.45, 7) is 20.2. The topological polar surface area (TPSA) is 9.23 Å². The summed E-state index contributed by atoms with van der Waals surface area (Å²) in [6.07, 6.45) is 4.66. The first-order valence-corrected chi connectivity index (χ1v) is 9.13. The fourth-order valence-corrected chi connectivity index (χ4v) is 2.47. The third-order valence-electron chi connectivity index (χ3n) is 3.15. The SMILES string of the molecule is CC(/C=C/C(C)(C)C)O[Si](C)(C)C(C)(C)C. The average molecular weight is 242 g/mol. The van der Waals surface area contributed by atoms with Crippen LogP contribution < -0.4 is 0 Å². The van der Waals surface area contributed by atoms with E-state index in [9.17, 15) is 0 Å². The molecular weight excluding hydrogens is 212 g/mol. The average Bonchev–Trinajstić information content (AvgIpc) is 1.96. The van der Waals surface area contributed by atoms with Crippen LogP contribution in [0.5, 0.6) is 0 Å². The third kappa shape index (κ3) is 5.85. The van der Waals surface area contributed by atoms with Crippen LogP contribution in [-0.2, 0) is 4.43 Å². The molecule has 0 amide bonds. The summed E-state index contributed by atoms with van der Waals surface area (Å²) in [7, 11) is -1.62. The summed E-state index contributed by atoms with van der Waals surface area (Å²) in [6, 6.07) is 0. The van der Waals surface area contributed by atoms with Gasteiger partial charge in [-0.25, -0.2) is 0 Å². The molecule has 0 aromatic carbocycles. The molecule has 0 aliphatic heterocycles. The molecule has 0 saturated heterocycles. The van der Waals surface area contributed by atoms with Crippen molar-refractivity contribution in [2.24, 2.45) is 5.41 Å². The predicted octanol–water partition coefficient (Wildman–Crippen LogP) is 5.00. The molecule has 0 aliphatic carbocycles. The second-order valence-electron chi connectivity index (χ2n) is 7.31. The quantitative estimate of drug-likeness (QED) is 0.500. The monoisotopic (exact) mass is 242 g/mol. The van der Waals surface area contributed by atoms with Crippen molar-refractivity contribution in [1.82, 2.24) is 0 Å². The number of hydrogen-bond donors (Lipinski definition) is 0. The van der Waals surface area contributed by atoms with Gasteiger partial charge in [-0.3, -0.25) is 0 Å². The zero-order chi connectivity index (χ0) is 13.2. The van der Waals surface area contributed by atoms with Crippen molar-refractivity contribution in [2.45, 2.75) is 72.7 Å². The minimum Gasteiger partial charge on any atom is -0.411 e. The highest BCUT2D eigenvalue weighted by molar-refractivity contribution is 6.74. The molecule has 2 heteroatoms. The van der Waals surface area contributed by atoms with Crippen LogP contribution in [0.15, 0.2) is 12.2 Å². The normalized spacial score (nSPS) is 16.8. The maximum Gasteiger partial charge on any atom is 0.192 e. The van der Waals surface area contributed by atoms with Crippen LogP contribution in [0.25, 0.3) is 0 Å². The Balaban J connectivity index is 4.47. The zero-order valence-corrected chi connectivity index (χ0v) is 13.6. The van der Waals surface area contributed by atoms with Gasteiger partial charge in [0.2, 0.25) is 0 Å². The lowest BCUT2D eigenvalue weighted by molar-refractivity contribution is 0.242. The third-order valence-corrected chi connectivity index (χ3v) is 7.73. The first kappa shape index (κ1) is 15.9. The van der Waals surface area contributed by atoms with Gasteiger partial charge < -0.3 is 4.43 Å². The van der Waals surface area contributed by atoms with E-state index in [-0.39, 0.29) is 16.6 Å². The van der Waals surface area contributed by atoms with E-state index in [1.54, 1.807) is 0 Å². The Bertz CT molecular complexity index is 240. The Morgan fingerprint density at radius 3 is 1.75 bits per heavy atom. The Kier molecular flexibility index (Phi) is 5.02. The zero-order valence-electron chi connectivity index (χ0n) is 12.6. The Hall–Kier alpha value is -0.0831. The summed E-state index contributed by atoms with van der Waals surface area (Å²) in [5.41, 5.74) is 0.241. The van der Waals surface area contributed by atoms with Gasteiger partial charge in [0.25, 0.3) is 0 Å². The maximum absolute atomic E-state index is 6.25. The first-order valence-electron chi connectivity index (χ1n) is 6.22. The van der Waals surface area contributed by atoms with E-state index >= 15 is 0 Å². The van der Waals surface area contributed by atoms with Crippen LogP contribution in [0.4, 0.5) is 0 Å². The molecule has 0 aromatic heterocycles. The molecule has 0 fully saturated rings. The van der Waals surface area contributed by atoms with E-state index in [0.29, 0.717) is 0 Å². The lowest BCUT2D eigenvalue weighted by atomic mass is 9.96. The number of allylic oxidation sites excluding steroid dienone is 1. The molecule has 96 valence electrons. The maximum atomic E-state index is 6.25. The highest BCUT2D eigenvalue weighted by atomic mass is 28.4. The molecule has 0 saturated carbocycles. The van der Waals surface area contributed by atoms with E-state index in [1.807, 2.05) is 0 Å². The minimum atomic E-state index is -1.62. The molecule has 0 rings (SSSR count). The summed E-state index contributed by atoms with van der Waals surface area (Å²) in [4.78, 5) is 0. The van der Waals surface area contributed by atoms with Crippen LogP contribution in [-0.4, -0.2) is 14.4 Å². The van der Waals surface area contributed by atoms with Gasteiger partial charge in [-0.15, -0.1) is 0 Å². The standard InChI is InChI=1S/C14H30OSi/c1-12(10-11-13(2,3)4)15-16(8,9)14(5,6)7/h10-12H,1-9H3/b11-10+. The Morgan fingerprint density at radius 2 is 1.44 bits per heavy atom. The molecule has 0 radical (unpaired) electrons. The highest BCUT2D eigenvalue weighted by Gasteiger charge is 2.37. The minimum absolute atomic E-state index is 0.222. The van der Waals surface area contributed by atoms with E-state index in [2.05, 4.69) is 73.7 Å². The van der Waals surface area contributed by atoms with Crippen molar-refractivity contribution < 1.29 is 4.43 Å². The van der Waals surface area contributed by atoms with E-state index in [0.717, 1.165) is 0 Å². The fraction of sp³-hybridized carbons (Fsp3) is 0.857. The molecule has 16 heavy (non-hydrogen) atoms. The van der Waals surface area contributed by atoms with Crippen molar-refractivity contribution in [2.75, 3.05) is 0 Å². The van der Waals surface area contributed by atoms with Crippen LogP contribution in [0.3, 0.4) is 0 Å². The summed E-state index contributed by atoms with van der Waals surface area (Å²) in [5, 5.41) is 0.289. The van der Waals surface area contributed by atoms with Crippen LogP contribution in [0.2, 0.25) is 18.1 Å².